The van der Waals surface area contributed by atoms with E-state index < -0.39 is 0 Å². The maximum absolute atomic E-state index is 12.8. The van der Waals surface area contributed by atoms with E-state index in [1.165, 1.54) is 0 Å². The van der Waals surface area contributed by atoms with Crippen molar-refractivity contribution in [2.24, 2.45) is 0 Å². The standard InChI is InChI=1S/C23H17IN4O2S/c1-30-16-7-4-14(5-8-16)23(29)28-22-19(12-25)21(26-13-17-3-2-10-31-17)18-11-15(24)6-9-20(18)27-22/h2-11H,13H2,1H3,(H2,26,27,28,29). The lowest BCUT2D eigenvalue weighted by Crippen LogP contribution is -2.15. The first kappa shape index (κ1) is 21.1. The van der Waals surface area contributed by atoms with Gasteiger partial charge in [0.05, 0.1) is 18.3 Å². The Balaban J connectivity index is 1.74. The molecule has 1 amide bonds. The number of thiophene rings is 1. The number of nitrogens with one attached hydrogen (secondary N) is 2. The van der Waals surface area contributed by atoms with E-state index in [9.17, 15) is 10.1 Å². The number of ether oxygens (including phenoxy) is 1. The molecule has 0 atom stereocenters. The van der Waals surface area contributed by atoms with Crippen LogP contribution in [0.2, 0.25) is 0 Å². The molecule has 0 spiro atoms. The molecule has 2 aromatic heterocycles. The molecule has 31 heavy (non-hydrogen) atoms. The van der Waals surface area contributed by atoms with Crippen LogP contribution in [0.25, 0.3) is 10.9 Å². The molecular weight excluding hydrogens is 523 g/mol. The molecule has 2 heterocycles. The second-order valence-corrected chi connectivity index (χ2v) is 8.88. The fraction of sp³-hybridized carbons (Fsp3) is 0.0870. The lowest BCUT2D eigenvalue weighted by molar-refractivity contribution is 0.102. The van der Waals surface area contributed by atoms with Crippen LogP contribution < -0.4 is 15.4 Å². The number of hydrogen-bond donors (Lipinski definition) is 2. The molecule has 4 rings (SSSR count). The summed E-state index contributed by atoms with van der Waals surface area (Å²) in [5, 5.41) is 19.0. The van der Waals surface area contributed by atoms with Crippen molar-refractivity contribution in [1.29, 1.82) is 5.26 Å². The first-order chi connectivity index (χ1) is 15.1. The van der Waals surface area contributed by atoms with Gasteiger partial charge in [-0.1, -0.05) is 6.07 Å². The van der Waals surface area contributed by atoms with Gasteiger partial charge in [-0.05, 0) is 76.5 Å². The van der Waals surface area contributed by atoms with Crippen LogP contribution in [0.15, 0.2) is 60.0 Å². The van der Waals surface area contributed by atoms with Crippen molar-refractivity contribution in [1.82, 2.24) is 4.98 Å². The fourth-order valence-corrected chi connectivity index (χ4v) is 4.26. The summed E-state index contributed by atoms with van der Waals surface area (Å²) in [6.07, 6.45) is 0. The van der Waals surface area contributed by atoms with Gasteiger partial charge < -0.3 is 15.4 Å². The van der Waals surface area contributed by atoms with Gasteiger partial charge in [-0.15, -0.1) is 11.3 Å². The molecule has 0 radical (unpaired) electrons. The molecule has 0 aliphatic rings. The van der Waals surface area contributed by atoms with E-state index in [2.05, 4.69) is 44.3 Å². The van der Waals surface area contributed by atoms with Crippen LogP contribution in [-0.4, -0.2) is 18.0 Å². The molecule has 0 aliphatic heterocycles. The molecule has 2 N–H and O–H groups in total. The predicted octanol–water partition coefficient (Wildman–Crippen LogP) is 5.65. The largest absolute Gasteiger partial charge is 0.497 e. The summed E-state index contributed by atoms with van der Waals surface area (Å²) in [6.45, 7) is 0.572. The number of carbonyl (C=O) groups excluding carboxylic acids is 1. The second kappa shape index (κ2) is 9.32. The molecule has 2 aromatic carbocycles. The van der Waals surface area contributed by atoms with Gasteiger partial charge in [0.25, 0.3) is 5.91 Å². The zero-order chi connectivity index (χ0) is 21.8. The zero-order valence-corrected chi connectivity index (χ0v) is 19.5. The Labute approximate surface area is 197 Å². The average molecular weight is 540 g/mol. The summed E-state index contributed by atoms with van der Waals surface area (Å²) >= 11 is 3.87. The van der Waals surface area contributed by atoms with E-state index in [4.69, 9.17) is 4.74 Å². The summed E-state index contributed by atoms with van der Waals surface area (Å²) in [5.74, 6) is 0.541. The molecule has 0 unspecified atom stereocenters. The van der Waals surface area contributed by atoms with Gasteiger partial charge in [0.15, 0.2) is 5.82 Å². The lowest BCUT2D eigenvalue weighted by Gasteiger charge is -2.15. The molecule has 0 aliphatic carbocycles. The topological polar surface area (TPSA) is 87.0 Å². The number of pyridine rings is 1. The van der Waals surface area contributed by atoms with Crippen molar-refractivity contribution in [3.63, 3.8) is 0 Å². The minimum absolute atomic E-state index is 0.228. The number of fused-ring (bicyclic) bond motifs is 1. The second-order valence-electron chi connectivity index (χ2n) is 6.60. The number of benzene rings is 2. The molecule has 4 aromatic rings. The van der Waals surface area contributed by atoms with E-state index >= 15 is 0 Å². The molecule has 0 fully saturated rings. The molecule has 6 nitrogen and oxygen atoms in total. The molecule has 8 heteroatoms. The summed E-state index contributed by atoms with van der Waals surface area (Å²) in [6, 6.07) is 18.8. The van der Waals surface area contributed by atoms with E-state index in [1.807, 2.05) is 35.7 Å². The van der Waals surface area contributed by atoms with Crippen LogP contribution in [0.4, 0.5) is 11.5 Å². The number of rotatable bonds is 6. The van der Waals surface area contributed by atoms with Crippen molar-refractivity contribution < 1.29 is 9.53 Å². The summed E-state index contributed by atoms with van der Waals surface area (Å²) in [4.78, 5) is 18.5. The van der Waals surface area contributed by atoms with Gasteiger partial charge in [-0.2, -0.15) is 5.26 Å². The molecule has 154 valence electrons. The Kier molecular flexibility index (Phi) is 6.34. The first-order valence-electron chi connectivity index (χ1n) is 9.34. The van der Waals surface area contributed by atoms with Gasteiger partial charge >= 0.3 is 0 Å². The monoisotopic (exact) mass is 540 g/mol. The number of nitrogens with zero attached hydrogens (tertiary/aromatic N) is 2. The highest BCUT2D eigenvalue weighted by Gasteiger charge is 2.18. The Morgan fingerprint density at radius 3 is 2.71 bits per heavy atom. The average Bonchev–Trinajstić information content (AvgIpc) is 3.31. The highest BCUT2D eigenvalue weighted by atomic mass is 127. The Morgan fingerprint density at radius 2 is 2.03 bits per heavy atom. The number of carbonyl (C=O) groups is 1. The smallest absolute Gasteiger partial charge is 0.256 e. The van der Waals surface area contributed by atoms with Crippen LogP contribution in [0.1, 0.15) is 20.8 Å². The highest BCUT2D eigenvalue weighted by Crippen LogP contribution is 2.33. The van der Waals surface area contributed by atoms with Crippen LogP contribution >= 0.6 is 33.9 Å². The van der Waals surface area contributed by atoms with Gasteiger partial charge in [-0.25, -0.2) is 4.98 Å². The Bertz CT molecular complexity index is 1280. The Morgan fingerprint density at radius 1 is 1.23 bits per heavy atom. The number of aromatic nitrogens is 1. The highest BCUT2D eigenvalue weighted by molar-refractivity contribution is 14.1. The van der Waals surface area contributed by atoms with Crippen molar-refractivity contribution in [2.75, 3.05) is 17.7 Å². The molecular formula is C23H17IN4O2S. The number of nitriles is 1. The maximum Gasteiger partial charge on any atom is 0.256 e. The quantitative estimate of drug-likeness (QED) is 0.309. The third kappa shape index (κ3) is 4.62. The van der Waals surface area contributed by atoms with Crippen molar-refractivity contribution >= 4 is 62.2 Å². The van der Waals surface area contributed by atoms with E-state index in [1.54, 1.807) is 42.7 Å². The van der Waals surface area contributed by atoms with Crippen LogP contribution in [-0.2, 0) is 6.54 Å². The summed E-state index contributed by atoms with van der Waals surface area (Å²) in [5.41, 5.74) is 2.10. The van der Waals surface area contributed by atoms with Crippen molar-refractivity contribution in [3.8, 4) is 11.8 Å². The normalized spacial score (nSPS) is 10.5. The zero-order valence-electron chi connectivity index (χ0n) is 16.5. The molecule has 0 bridgehead atoms. The van der Waals surface area contributed by atoms with Crippen LogP contribution in [0.3, 0.4) is 0 Å². The number of anilines is 2. The van der Waals surface area contributed by atoms with E-state index in [-0.39, 0.29) is 11.7 Å². The van der Waals surface area contributed by atoms with Crippen LogP contribution in [0, 0.1) is 14.9 Å². The fourth-order valence-electron chi connectivity index (χ4n) is 3.13. The number of methoxy groups -OCH3 is 1. The number of halogens is 1. The van der Waals surface area contributed by atoms with Gasteiger partial charge in [0.1, 0.15) is 17.4 Å². The van der Waals surface area contributed by atoms with Crippen LogP contribution in [0.5, 0.6) is 5.75 Å². The minimum atomic E-state index is -0.347. The van der Waals surface area contributed by atoms with Crippen molar-refractivity contribution in [3.05, 3.63) is 79.6 Å². The third-order valence-corrected chi connectivity index (χ3v) is 6.21. The summed E-state index contributed by atoms with van der Waals surface area (Å²) < 4.78 is 6.17. The van der Waals surface area contributed by atoms with Gasteiger partial charge in [-0.3, -0.25) is 4.79 Å². The molecule has 0 saturated heterocycles. The molecule has 0 saturated carbocycles. The third-order valence-electron chi connectivity index (χ3n) is 4.66. The predicted molar refractivity (Wildman–Crippen MR) is 132 cm³/mol. The van der Waals surface area contributed by atoms with Crippen molar-refractivity contribution in [2.45, 2.75) is 6.54 Å². The SMILES string of the molecule is COc1ccc(C(=O)Nc2nc3ccc(I)cc3c(NCc3cccs3)c2C#N)cc1. The van der Waals surface area contributed by atoms with Gasteiger partial charge in [0, 0.05) is 25.9 Å². The van der Waals surface area contributed by atoms with E-state index in [0.717, 1.165) is 13.8 Å². The number of amides is 1. The Hall–Kier alpha value is -3.16. The number of hydrogen-bond acceptors (Lipinski definition) is 6. The maximum atomic E-state index is 12.8. The lowest BCUT2D eigenvalue weighted by atomic mass is 10.1. The summed E-state index contributed by atoms with van der Waals surface area (Å²) in [7, 11) is 1.57. The van der Waals surface area contributed by atoms with Gasteiger partial charge in [0.2, 0.25) is 0 Å². The van der Waals surface area contributed by atoms with E-state index in [0.29, 0.717) is 34.6 Å². The first-order valence-corrected chi connectivity index (χ1v) is 11.3. The minimum Gasteiger partial charge on any atom is -0.497 e.